The van der Waals surface area contributed by atoms with Crippen molar-refractivity contribution >= 4 is 33.2 Å². The highest BCUT2D eigenvalue weighted by molar-refractivity contribution is 8.02. The highest BCUT2D eigenvalue weighted by Crippen LogP contribution is 2.33. The first-order chi connectivity index (χ1) is 12.0. The number of amides is 1. The second-order valence-corrected chi connectivity index (χ2v) is 9.35. The van der Waals surface area contributed by atoms with E-state index in [0.717, 1.165) is 4.90 Å². The maximum atomic E-state index is 12.6. The van der Waals surface area contributed by atoms with Gasteiger partial charge >= 0.3 is 0 Å². The van der Waals surface area contributed by atoms with Gasteiger partial charge in [0.05, 0.1) is 28.7 Å². The SMILES string of the molecule is N#Cc1ccc(NC(=O)c2ccccc2SC2CCS(=O)(=O)C2)cc1. The van der Waals surface area contributed by atoms with Crippen molar-refractivity contribution in [1.82, 2.24) is 0 Å². The normalized spacial score (nSPS) is 18.4. The van der Waals surface area contributed by atoms with Crippen LogP contribution in [-0.2, 0) is 9.84 Å². The summed E-state index contributed by atoms with van der Waals surface area (Å²) in [5.41, 5.74) is 1.64. The Morgan fingerprint density at radius 3 is 2.52 bits per heavy atom. The van der Waals surface area contributed by atoms with Gasteiger partial charge in [0.15, 0.2) is 9.84 Å². The third kappa shape index (κ3) is 4.41. The zero-order chi connectivity index (χ0) is 17.9. The number of carbonyl (C=O) groups is 1. The molecule has 0 spiro atoms. The number of rotatable bonds is 4. The van der Waals surface area contributed by atoms with E-state index in [-0.39, 0.29) is 22.7 Å². The van der Waals surface area contributed by atoms with E-state index in [1.165, 1.54) is 11.8 Å². The van der Waals surface area contributed by atoms with Gasteiger partial charge in [-0.3, -0.25) is 4.79 Å². The Bertz CT molecular complexity index is 932. The Morgan fingerprint density at radius 2 is 1.88 bits per heavy atom. The number of benzene rings is 2. The Hall–Kier alpha value is -2.30. The van der Waals surface area contributed by atoms with Crippen LogP contribution in [-0.4, -0.2) is 31.1 Å². The van der Waals surface area contributed by atoms with Crippen LogP contribution >= 0.6 is 11.8 Å². The Balaban J connectivity index is 1.75. The standard InChI is InChI=1S/C18H16N2O3S2/c19-11-13-5-7-14(8-6-13)20-18(21)16-3-1-2-4-17(16)24-15-9-10-25(22,23)12-15/h1-8,15H,9-10,12H2,(H,20,21). The molecule has 0 radical (unpaired) electrons. The molecule has 25 heavy (non-hydrogen) atoms. The van der Waals surface area contributed by atoms with Gasteiger partial charge < -0.3 is 5.32 Å². The summed E-state index contributed by atoms with van der Waals surface area (Å²) in [5, 5.41) is 11.6. The van der Waals surface area contributed by atoms with Crippen molar-refractivity contribution in [2.75, 3.05) is 16.8 Å². The minimum atomic E-state index is -2.95. The van der Waals surface area contributed by atoms with Crippen LogP contribution in [0.5, 0.6) is 0 Å². The van der Waals surface area contributed by atoms with Gasteiger partial charge in [-0.1, -0.05) is 12.1 Å². The lowest BCUT2D eigenvalue weighted by molar-refractivity contribution is 0.102. The molecular weight excluding hydrogens is 356 g/mol. The molecule has 0 aromatic heterocycles. The number of sulfone groups is 1. The van der Waals surface area contributed by atoms with E-state index >= 15 is 0 Å². The van der Waals surface area contributed by atoms with Crippen molar-refractivity contribution in [3.05, 3.63) is 59.7 Å². The number of hydrogen-bond donors (Lipinski definition) is 1. The fraction of sp³-hybridized carbons (Fsp3) is 0.222. The van der Waals surface area contributed by atoms with E-state index in [2.05, 4.69) is 5.32 Å². The Morgan fingerprint density at radius 1 is 1.16 bits per heavy atom. The maximum absolute atomic E-state index is 12.6. The van der Waals surface area contributed by atoms with E-state index in [9.17, 15) is 13.2 Å². The monoisotopic (exact) mass is 372 g/mol. The quantitative estimate of drug-likeness (QED) is 0.891. The summed E-state index contributed by atoms with van der Waals surface area (Å²) < 4.78 is 23.3. The van der Waals surface area contributed by atoms with Crippen LogP contribution in [0.4, 0.5) is 5.69 Å². The third-order valence-corrected chi connectivity index (χ3v) is 7.21. The highest BCUT2D eigenvalue weighted by Gasteiger charge is 2.29. The highest BCUT2D eigenvalue weighted by atomic mass is 32.2. The predicted octanol–water partition coefficient (Wildman–Crippen LogP) is 3.09. The van der Waals surface area contributed by atoms with E-state index in [1.54, 1.807) is 36.4 Å². The zero-order valence-corrected chi connectivity index (χ0v) is 14.9. The van der Waals surface area contributed by atoms with Gasteiger partial charge in [0.25, 0.3) is 5.91 Å². The molecule has 1 unspecified atom stereocenters. The van der Waals surface area contributed by atoms with Crippen LogP contribution in [0, 0.1) is 11.3 Å². The van der Waals surface area contributed by atoms with Crippen LogP contribution in [0.2, 0.25) is 0 Å². The number of thioether (sulfide) groups is 1. The zero-order valence-electron chi connectivity index (χ0n) is 13.3. The minimum absolute atomic E-state index is 0.0196. The summed E-state index contributed by atoms with van der Waals surface area (Å²) in [6.45, 7) is 0. The van der Waals surface area contributed by atoms with Gasteiger partial charge in [-0.05, 0) is 42.8 Å². The van der Waals surface area contributed by atoms with Crippen molar-refractivity contribution < 1.29 is 13.2 Å². The smallest absolute Gasteiger partial charge is 0.256 e. The molecule has 1 aliphatic heterocycles. The molecule has 0 aliphatic carbocycles. The largest absolute Gasteiger partial charge is 0.322 e. The summed E-state index contributed by atoms with van der Waals surface area (Å²) in [7, 11) is -2.95. The van der Waals surface area contributed by atoms with Crippen molar-refractivity contribution in [3.63, 3.8) is 0 Å². The van der Waals surface area contributed by atoms with Crippen molar-refractivity contribution in [1.29, 1.82) is 5.26 Å². The summed E-state index contributed by atoms with van der Waals surface area (Å²) in [6.07, 6.45) is 0.610. The summed E-state index contributed by atoms with van der Waals surface area (Å²) in [5.74, 6) is 0.113. The number of nitrogens with one attached hydrogen (secondary N) is 1. The first-order valence-corrected chi connectivity index (χ1v) is 10.4. The molecule has 5 nitrogen and oxygen atoms in total. The van der Waals surface area contributed by atoms with Gasteiger partial charge in [-0.15, -0.1) is 11.8 Å². The molecule has 1 heterocycles. The number of nitriles is 1. The van der Waals surface area contributed by atoms with E-state index in [4.69, 9.17) is 5.26 Å². The van der Waals surface area contributed by atoms with E-state index < -0.39 is 9.84 Å². The molecule has 1 amide bonds. The second kappa shape index (κ2) is 7.30. The second-order valence-electron chi connectivity index (χ2n) is 5.78. The third-order valence-electron chi connectivity index (χ3n) is 3.89. The van der Waals surface area contributed by atoms with Crippen LogP contribution in [0.3, 0.4) is 0 Å². The van der Waals surface area contributed by atoms with Crippen molar-refractivity contribution in [2.24, 2.45) is 0 Å². The summed E-state index contributed by atoms with van der Waals surface area (Å²) in [4.78, 5) is 13.4. The topological polar surface area (TPSA) is 87.0 Å². The molecule has 1 atom stereocenters. The van der Waals surface area contributed by atoms with Crippen molar-refractivity contribution in [2.45, 2.75) is 16.6 Å². The first kappa shape index (κ1) is 17.5. The van der Waals surface area contributed by atoms with E-state index in [1.807, 2.05) is 18.2 Å². The molecule has 1 N–H and O–H groups in total. The number of nitrogens with zero attached hydrogens (tertiary/aromatic N) is 1. The number of anilines is 1. The molecule has 2 aromatic carbocycles. The number of carbonyl (C=O) groups excluding carboxylic acids is 1. The van der Waals surface area contributed by atoms with Crippen LogP contribution in [0.25, 0.3) is 0 Å². The molecule has 7 heteroatoms. The maximum Gasteiger partial charge on any atom is 0.256 e. The molecule has 1 aliphatic rings. The molecule has 3 rings (SSSR count). The van der Waals surface area contributed by atoms with Crippen LogP contribution in [0.1, 0.15) is 22.3 Å². The molecular formula is C18H16N2O3S2. The lowest BCUT2D eigenvalue weighted by Crippen LogP contribution is -2.14. The lowest BCUT2D eigenvalue weighted by Gasteiger charge is -2.12. The van der Waals surface area contributed by atoms with E-state index in [0.29, 0.717) is 23.2 Å². The molecule has 0 bridgehead atoms. The lowest BCUT2D eigenvalue weighted by atomic mass is 10.2. The minimum Gasteiger partial charge on any atom is -0.322 e. The average Bonchev–Trinajstić information content (AvgIpc) is 2.94. The first-order valence-electron chi connectivity index (χ1n) is 7.74. The van der Waals surface area contributed by atoms with Crippen LogP contribution < -0.4 is 5.32 Å². The van der Waals surface area contributed by atoms with Crippen molar-refractivity contribution in [3.8, 4) is 6.07 Å². The fourth-order valence-electron chi connectivity index (χ4n) is 2.62. The van der Waals surface area contributed by atoms with Gasteiger partial charge in [-0.2, -0.15) is 5.26 Å². The summed E-state index contributed by atoms with van der Waals surface area (Å²) in [6, 6.07) is 15.8. The van der Waals surface area contributed by atoms with Crippen LogP contribution in [0.15, 0.2) is 53.4 Å². The van der Waals surface area contributed by atoms with Gasteiger partial charge in [-0.25, -0.2) is 8.42 Å². The molecule has 128 valence electrons. The summed E-state index contributed by atoms with van der Waals surface area (Å²) >= 11 is 1.44. The van der Waals surface area contributed by atoms with Gasteiger partial charge in [0, 0.05) is 15.8 Å². The van der Waals surface area contributed by atoms with Gasteiger partial charge in [0.2, 0.25) is 0 Å². The Kier molecular flexibility index (Phi) is 5.11. The molecule has 2 aromatic rings. The molecule has 0 saturated carbocycles. The molecule has 1 fully saturated rings. The predicted molar refractivity (Wildman–Crippen MR) is 98.5 cm³/mol. The van der Waals surface area contributed by atoms with Gasteiger partial charge in [0.1, 0.15) is 0 Å². The fourth-order valence-corrected chi connectivity index (χ4v) is 6.24. The Labute approximate surface area is 151 Å². The molecule has 1 saturated heterocycles. The average molecular weight is 372 g/mol. The number of hydrogen-bond acceptors (Lipinski definition) is 5.